The number of carbonyl (C=O) groups excluding carboxylic acids is 1. The van der Waals surface area contributed by atoms with Gasteiger partial charge in [0.15, 0.2) is 0 Å². The quantitative estimate of drug-likeness (QED) is 0.617. The molecule has 0 fully saturated rings. The number of urea groups is 1. The number of hydrogen-bond acceptors (Lipinski definition) is 4. The molecule has 0 saturated heterocycles. The second-order valence-corrected chi connectivity index (χ2v) is 4.50. The van der Waals surface area contributed by atoms with Crippen LogP contribution in [0.15, 0.2) is 18.2 Å². The number of rotatable bonds is 6. The van der Waals surface area contributed by atoms with E-state index in [1.54, 1.807) is 6.92 Å². The van der Waals surface area contributed by atoms with Crippen molar-refractivity contribution < 1.29 is 19.6 Å². The Bertz CT molecular complexity index is 559. The summed E-state index contributed by atoms with van der Waals surface area (Å²) in [6, 6.07) is 3.70. The molecule has 2 N–H and O–H groups in total. The van der Waals surface area contributed by atoms with Gasteiger partial charge in [-0.15, -0.1) is 0 Å². The van der Waals surface area contributed by atoms with Crippen LogP contribution in [0.3, 0.4) is 0 Å². The first-order valence-corrected chi connectivity index (χ1v) is 6.38. The Hall–Kier alpha value is -2.64. The lowest BCUT2D eigenvalue weighted by Crippen LogP contribution is -2.39. The normalized spacial score (nSPS) is 10.0. The number of amides is 2. The molecule has 0 unspecified atom stereocenters. The van der Waals surface area contributed by atoms with Crippen molar-refractivity contribution in [2.45, 2.75) is 20.3 Å². The van der Waals surface area contributed by atoms with E-state index in [2.05, 4.69) is 5.32 Å². The fourth-order valence-electron chi connectivity index (χ4n) is 1.77. The summed E-state index contributed by atoms with van der Waals surface area (Å²) in [5.41, 5.74) is 0.630. The topological polar surface area (TPSA) is 113 Å². The third-order valence-electron chi connectivity index (χ3n) is 2.76. The van der Waals surface area contributed by atoms with Crippen LogP contribution in [-0.2, 0) is 4.79 Å². The summed E-state index contributed by atoms with van der Waals surface area (Å²) >= 11 is 0. The van der Waals surface area contributed by atoms with Crippen molar-refractivity contribution in [2.75, 3.05) is 18.4 Å². The monoisotopic (exact) mass is 295 g/mol. The molecule has 0 aliphatic rings. The third-order valence-corrected chi connectivity index (χ3v) is 2.76. The van der Waals surface area contributed by atoms with Crippen molar-refractivity contribution in [2.24, 2.45) is 0 Å². The van der Waals surface area contributed by atoms with Crippen molar-refractivity contribution >= 4 is 23.4 Å². The summed E-state index contributed by atoms with van der Waals surface area (Å²) in [7, 11) is 0. The number of nitrogens with zero attached hydrogens (tertiary/aromatic N) is 2. The molecule has 0 saturated carbocycles. The summed E-state index contributed by atoms with van der Waals surface area (Å²) < 4.78 is 0. The van der Waals surface area contributed by atoms with Gasteiger partial charge in [-0.05, 0) is 19.4 Å². The minimum Gasteiger partial charge on any atom is -0.480 e. The van der Waals surface area contributed by atoms with E-state index in [1.807, 2.05) is 6.92 Å². The lowest BCUT2D eigenvalue weighted by molar-refractivity contribution is -0.385. The maximum Gasteiger partial charge on any atom is 0.323 e. The highest BCUT2D eigenvalue weighted by Gasteiger charge is 2.17. The molecule has 0 spiro atoms. The molecule has 8 nitrogen and oxygen atoms in total. The minimum atomic E-state index is -1.12. The maximum absolute atomic E-state index is 12.0. The Labute approximate surface area is 121 Å². The minimum absolute atomic E-state index is 0.104. The van der Waals surface area contributed by atoms with Gasteiger partial charge in [0.1, 0.15) is 6.54 Å². The Kier molecular flexibility index (Phi) is 5.65. The van der Waals surface area contributed by atoms with Crippen molar-refractivity contribution in [3.63, 3.8) is 0 Å². The molecule has 0 aliphatic heterocycles. The predicted octanol–water partition coefficient (Wildman–Crippen LogP) is 2.23. The Balaban J connectivity index is 2.88. The number of carbonyl (C=O) groups is 2. The van der Waals surface area contributed by atoms with Gasteiger partial charge in [-0.2, -0.15) is 0 Å². The Morgan fingerprint density at radius 1 is 1.43 bits per heavy atom. The molecular weight excluding hydrogens is 278 g/mol. The van der Waals surface area contributed by atoms with Crippen LogP contribution in [0, 0.1) is 17.0 Å². The van der Waals surface area contributed by atoms with Gasteiger partial charge < -0.3 is 15.3 Å². The zero-order valence-electron chi connectivity index (χ0n) is 11.8. The molecule has 0 aliphatic carbocycles. The molecule has 0 heterocycles. The number of hydrogen-bond donors (Lipinski definition) is 2. The number of carboxylic acids is 1. The fraction of sp³-hybridized carbons (Fsp3) is 0.385. The summed E-state index contributed by atoms with van der Waals surface area (Å²) in [6.45, 7) is 3.27. The SMILES string of the molecule is CCCN(CC(=O)O)C(=O)Nc1ccc(C)c([N+](=O)[O-])c1. The number of carboxylic acid groups (broad SMARTS) is 1. The molecule has 0 radical (unpaired) electrons. The van der Waals surface area contributed by atoms with Crippen molar-refractivity contribution in [1.29, 1.82) is 0 Å². The van der Waals surface area contributed by atoms with E-state index >= 15 is 0 Å². The molecule has 21 heavy (non-hydrogen) atoms. The van der Waals surface area contributed by atoms with Crippen LogP contribution >= 0.6 is 0 Å². The largest absolute Gasteiger partial charge is 0.480 e. The van der Waals surface area contributed by atoms with E-state index < -0.39 is 23.5 Å². The molecule has 1 aromatic rings. The number of nitro groups is 1. The second kappa shape index (κ2) is 7.22. The maximum atomic E-state index is 12.0. The van der Waals surface area contributed by atoms with Gasteiger partial charge in [0, 0.05) is 23.9 Å². The van der Waals surface area contributed by atoms with Crippen LogP contribution in [0.2, 0.25) is 0 Å². The van der Waals surface area contributed by atoms with Gasteiger partial charge in [-0.25, -0.2) is 4.79 Å². The first kappa shape index (κ1) is 16.4. The number of benzene rings is 1. The number of aryl methyl sites for hydroxylation is 1. The number of aliphatic carboxylic acids is 1. The van der Waals surface area contributed by atoms with Crippen LogP contribution in [-0.4, -0.2) is 40.0 Å². The molecule has 2 amide bonds. The second-order valence-electron chi connectivity index (χ2n) is 4.50. The highest BCUT2D eigenvalue weighted by atomic mass is 16.6. The first-order valence-electron chi connectivity index (χ1n) is 6.38. The van der Waals surface area contributed by atoms with Gasteiger partial charge >= 0.3 is 12.0 Å². The molecule has 1 rings (SSSR count). The van der Waals surface area contributed by atoms with E-state index in [-0.39, 0.29) is 17.9 Å². The van der Waals surface area contributed by atoms with Gasteiger partial charge in [0.2, 0.25) is 0 Å². The molecular formula is C13H17N3O5. The molecule has 114 valence electrons. The number of anilines is 1. The highest BCUT2D eigenvalue weighted by Crippen LogP contribution is 2.22. The van der Waals surface area contributed by atoms with E-state index in [9.17, 15) is 19.7 Å². The number of nitrogens with one attached hydrogen (secondary N) is 1. The lowest BCUT2D eigenvalue weighted by atomic mass is 10.2. The average molecular weight is 295 g/mol. The summed E-state index contributed by atoms with van der Waals surface area (Å²) in [5.74, 6) is -1.12. The van der Waals surface area contributed by atoms with E-state index in [4.69, 9.17) is 5.11 Å². The lowest BCUT2D eigenvalue weighted by Gasteiger charge is -2.20. The zero-order valence-corrected chi connectivity index (χ0v) is 11.8. The molecule has 0 aromatic heterocycles. The van der Waals surface area contributed by atoms with Gasteiger partial charge in [0.05, 0.1) is 4.92 Å². The van der Waals surface area contributed by atoms with E-state index in [0.717, 1.165) is 4.90 Å². The Morgan fingerprint density at radius 2 is 2.10 bits per heavy atom. The van der Waals surface area contributed by atoms with Crippen LogP contribution in [0.1, 0.15) is 18.9 Å². The standard InChI is InChI=1S/C13H17N3O5/c1-3-6-15(8-12(17)18)13(19)14-10-5-4-9(2)11(7-10)16(20)21/h4-5,7H,3,6,8H2,1-2H3,(H,14,19)(H,17,18). The molecule has 1 aromatic carbocycles. The van der Waals surface area contributed by atoms with Crippen LogP contribution in [0.4, 0.5) is 16.2 Å². The average Bonchev–Trinajstić information content (AvgIpc) is 2.39. The van der Waals surface area contributed by atoms with Crippen molar-refractivity contribution in [3.05, 3.63) is 33.9 Å². The van der Waals surface area contributed by atoms with E-state index in [0.29, 0.717) is 12.0 Å². The third kappa shape index (κ3) is 4.75. The molecule has 0 bridgehead atoms. The van der Waals surface area contributed by atoms with Gasteiger partial charge in [0.25, 0.3) is 5.69 Å². The smallest absolute Gasteiger partial charge is 0.323 e. The van der Waals surface area contributed by atoms with Crippen LogP contribution in [0.5, 0.6) is 0 Å². The fourth-order valence-corrected chi connectivity index (χ4v) is 1.77. The molecule has 0 atom stereocenters. The van der Waals surface area contributed by atoms with Crippen molar-refractivity contribution in [1.82, 2.24) is 4.90 Å². The molecule has 8 heteroatoms. The van der Waals surface area contributed by atoms with Gasteiger partial charge in [-0.3, -0.25) is 14.9 Å². The predicted molar refractivity (Wildman–Crippen MR) is 76.4 cm³/mol. The number of nitro benzene ring substituents is 1. The van der Waals surface area contributed by atoms with E-state index in [1.165, 1.54) is 18.2 Å². The first-order chi connectivity index (χ1) is 9.85. The summed E-state index contributed by atoms with van der Waals surface area (Å²) in [4.78, 5) is 34.1. The van der Waals surface area contributed by atoms with Crippen LogP contribution in [0.25, 0.3) is 0 Å². The summed E-state index contributed by atoms with van der Waals surface area (Å²) in [6.07, 6.45) is 0.606. The summed E-state index contributed by atoms with van der Waals surface area (Å²) in [5, 5.41) is 22.1. The zero-order chi connectivity index (χ0) is 16.0. The van der Waals surface area contributed by atoms with Gasteiger partial charge in [-0.1, -0.05) is 13.0 Å². The van der Waals surface area contributed by atoms with Crippen molar-refractivity contribution in [3.8, 4) is 0 Å². The highest BCUT2D eigenvalue weighted by molar-refractivity contribution is 5.91. The van der Waals surface area contributed by atoms with Crippen LogP contribution < -0.4 is 5.32 Å². The Morgan fingerprint density at radius 3 is 2.62 bits per heavy atom.